The Morgan fingerprint density at radius 3 is 2.68 bits per heavy atom. The Morgan fingerprint density at radius 1 is 1.14 bits per heavy atom. The summed E-state index contributed by atoms with van der Waals surface area (Å²) in [5.41, 5.74) is 2.64. The van der Waals surface area contributed by atoms with Crippen molar-refractivity contribution in [2.45, 2.75) is 50.7 Å². The minimum Gasteiger partial charge on any atom is -0.497 e. The number of benzene rings is 1. The lowest BCUT2D eigenvalue weighted by molar-refractivity contribution is -0.0374. The van der Waals surface area contributed by atoms with Crippen molar-refractivity contribution in [1.29, 1.82) is 0 Å². The van der Waals surface area contributed by atoms with Crippen LogP contribution in [0.25, 0.3) is 0 Å². The Labute approximate surface area is 136 Å². The zero-order chi connectivity index (χ0) is 15.1. The molecule has 2 aromatic rings. The van der Waals surface area contributed by atoms with Crippen LogP contribution in [0.5, 0.6) is 5.75 Å². The molecular weight excluding hydrogens is 292 g/mol. The van der Waals surface area contributed by atoms with E-state index in [0.717, 1.165) is 5.75 Å². The van der Waals surface area contributed by atoms with Gasteiger partial charge in [-0.1, -0.05) is 25.0 Å². The van der Waals surface area contributed by atoms with Gasteiger partial charge in [0.25, 0.3) is 0 Å². The van der Waals surface area contributed by atoms with E-state index in [1.54, 1.807) is 12.0 Å². The Morgan fingerprint density at radius 2 is 1.91 bits per heavy atom. The van der Waals surface area contributed by atoms with E-state index < -0.39 is 0 Å². The van der Waals surface area contributed by atoms with Crippen molar-refractivity contribution >= 4 is 11.3 Å². The third-order valence-electron chi connectivity index (χ3n) is 4.97. The maximum absolute atomic E-state index is 6.56. The van der Waals surface area contributed by atoms with Gasteiger partial charge in [-0.25, -0.2) is 0 Å². The van der Waals surface area contributed by atoms with Crippen LogP contribution in [0.1, 0.15) is 58.6 Å². The minimum absolute atomic E-state index is 0.0882. The van der Waals surface area contributed by atoms with Crippen molar-refractivity contribution in [3.05, 3.63) is 51.2 Å². The summed E-state index contributed by atoms with van der Waals surface area (Å²) in [7, 11) is 1.71. The molecule has 4 rings (SSSR count). The molecule has 0 N–H and O–H groups in total. The molecular formula is C19H22O2S. The molecule has 116 valence electrons. The van der Waals surface area contributed by atoms with Crippen molar-refractivity contribution in [2.75, 3.05) is 7.11 Å². The molecule has 0 bridgehead atoms. The first-order chi connectivity index (χ1) is 10.8. The van der Waals surface area contributed by atoms with E-state index >= 15 is 0 Å². The van der Waals surface area contributed by atoms with E-state index in [9.17, 15) is 0 Å². The fourth-order valence-corrected chi connectivity index (χ4v) is 5.13. The minimum atomic E-state index is 0.0882. The average molecular weight is 314 g/mol. The van der Waals surface area contributed by atoms with Gasteiger partial charge in [0.1, 0.15) is 11.9 Å². The topological polar surface area (TPSA) is 18.5 Å². The summed E-state index contributed by atoms with van der Waals surface area (Å²) >= 11 is 1.98. The van der Waals surface area contributed by atoms with Gasteiger partial charge in [-0.2, -0.15) is 0 Å². The van der Waals surface area contributed by atoms with E-state index in [4.69, 9.17) is 9.47 Å². The van der Waals surface area contributed by atoms with Crippen LogP contribution in [-0.4, -0.2) is 13.2 Å². The fourth-order valence-electron chi connectivity index (χ4n) is 3.89. The highest BCUT2D eigenvalue weighted by Crippen LogP contribution is 2.49. The van der Waals surface area contributed by atoms with E-state index in [2.05, 4.69) is 25.1 Å². The molecule has 3 heteroatoms. The Bertz CT molecular complexity index is 659. The van der Waals surface area contributed by atoms with Gasteiger partial charge in [-0.3, -0.25) is 0 Å². The first-order valence-corrected chi connectivity index (χ1v) is 8.97. The molecule has 22 heavy (non-hydrogen) atoms. The lowest BCUT2D eigenvalue weighted by atomic mass is 9.80. The maximum atomic E-state index is 6.56. The predicted octanol–water partition coefficient (Wildman–Crippen LogP) is 5.21. The summed E-state index contributed by atoms with van der Waals surface area (Å²) in [4.78, 5) is 2.98. The highest BCUT2D eigenvalue weighted by Gasteiger charge is 2.39. The van der Waals surface area contributed by atoms with Gasteiger partial charge < -0.3 is 9.47 Å². The summed E-state index contributed by atoms with van der Waals surface area (Å²) in [5.74, 6) is 1.52. The molecule has 0 spiro atoms. The Balaban J connectivity index is 1.74. The second-order valence-corrected chi connectivity index (χ2v) is 7.68. The van der Waals surface area contributed by atoms with Crippen LogP contribution in [0.2, 0.25) is 0 Å². The van der Waals surface area contributed by atoms with Crippen LogP contribution in [0.15, 0.2) is 30.3 Å². The highest BCUT2D eigenvalue weighted by molar-refractivity contribution is 7.12. The van der Waals surface area contributed by atoms with E-state index in [1.165, 1.54) is 41.7 Å². The van der Waals surface area contributed by atoms with E-state index in [-0.39, 0.29) is 6.10 Å². The third-order valence-corrected chi connectivity index (χ3v) is 6.16. The van der Waals surface area contributed by atoms with Crippen molar-refractivity contribution in [2.24, 2.45) is 0 Å². The SMILES string of the molecule is COc1ccc([C@@H]2O[C@@H]3CCCC[C@@H]3c3sc(C)cc32)cc1. The molecule has 1 aromatic heterocycles. The quantitative estimate of drug-likeness (QED) is 0.757. The summed E-state index contributed by atoms with van der Waals surface area (Å²) in [6.07, 6.45) is 5.61. The van der Waals surface area contributed by atoms with Crippen molar-refractivity contribution < 1.29 is 9.47 Å². The van der Waals surface area contributed by atoms with E-state index in [0.29, 0.717) is 12.0 Å². The third kappa shape index (κ3) is 2.37. The number of thiophene rings is 1. The average Bonchev–Trinajstić information content (AvgIpc) is 2.96. The number of fused-ring (bicyclic) bond motifs is 3. The van der Waals surface area contributed by atoms with Crippen molar-refractivity contribution in [1.82, 2.24) is 0 Å². The van der Waals surface area contributed by atoms with Gasteiger partial charge in [0.05, 0.1) is 13.2 Å². The van der Waals surface area contributed by atoms with Crippen LogP contribution >= 0.6 is 11.3 Å². The Hall–Kier alpha value is -1.32. The molecule has 2 nitrogen and oxygen atoms in total. The number of ether oxygens (including phenoxy) is 2. The molecule has 2 heterocycles. The summed E-state index contributed by atoms with van der Waals surface area (Å²) in [6.45, 7) is 2.21. The molecule has 0 radical (unpaired) electrons. The Kier molecular flexibility index (Phi) is 3.71. The predicted molar refractivity (Wildman–Crippen MR) is 90.0 cm³/mol. The lowest BCUT2D eigenvalue weighted by Crippen LogP contribution is -2.32. The molecule has 1 fully saturated rings. The molecule has 1 saturated carbocycles. The number of aryl methyl sites for hydroxylation is 1. The molecule has 0 amide bonds. The molecule has 1 aliphatic heterocycles. The van der Waals surface area contributed by atoms with Crippen LogP contribution in [-0.2, 0) is 4.74 Å². The van der Waals surface area contributed by atoms with Crippen LogP contribution in [0, 0.1) is 6.92 Å². The largest absolute Gasteiger partial charge is 0.497 e. The number of methoxy groups -OCH3 is 1. The van der Waals surface area contributed by atoms with Gasteiger partial charge in [-0.05, 0) is 49.1 Å². The lowest BCUT2D eigenvalue weighted by Gasteiger charge is -2.39. The molecule has 2 aliphatic rings. The molecule has 0 unspecified atom stereocenters. The van der Waals surface area contributed by atoms with Crippen molar-refractivity contribution in [3.63, 3.8) is 0 Å². The molecule has 3 atom stereocenters. The molecule has 0 saturated heterocycles. The summed E-state index contributed by atoms with van der Waals surface area (Å²) in [6, 6.07) is 10.7. The monoisotopic (exact) mass is 314 g/mol. The van der Waals surface area contributed by atoms with Gasteiger partial charge >= 0.3 is 0 Å². The van der Waals surface area contributed by atoms with Crippen LogP contribution in [0.4, 0.5) is 0 Å². The summed E-state index contributed by atoms with van der Waals surface area (Å²) in [5, 5.41) is 0. The van der Waals surface area contributed by atoms with Crippen LogP contribution < -0.4 is 4.74 Å². The maximum Gasteiger partial charge on any atom is 0.118 e. The molecule has 1 aromatic carbocycles. The molecule has 1 aliphatic carbocycles. The zero-order valence-electron chi connectivity index (χ0n) is 13.2. The first kappa shape index (κ1) is 14.3. The van der Waals surface area contributed by atoms with Crippen molar-refractivity contribution in [3.8, 4) is 5.75 Å². The number of rotatable bonds is 2. The fraction of sp³-hybridized carbons (Fsp3) is 0.474. The van der Waals surface area contributed by atoms with Gasteiger partial charge in [0, 0.05) is 15.7 Å². The van der Waals surface area contributed by atoms with E-state index in [1.807, 2.05) is 23.5 Å². The van der Waals surface area contributed by atoms with Crippen LogP contribution in [0.3, 0.4) is 0 Å². The normalized spacial score (nSPS) is 27.1. The van der Waals surface area contributed by atoms with Gasteiger partial charge in [0.15, 0.2) is 0 Å². The smallest absolute Gasteiger partial charge is 0.118 e. The number of hydrogen-bond donors (Lipinski definition) is 0. The summed E-state index contributed by atoms with van der Waals surface area (Å²) < 4.78 is 11.8. The first-order valence-electron chi connectivity index (χ1n) is 8.16. The van der Waals surface area contributed by atoms with Gasteiger partial charge in [0.2, 0.25) is 0 Å². The standard InChI is InChI=1S/C19H22O2S/c1-12-11-16-18(13-7-9-14(20-2)10-8-13)21-17-6-4-3-5-15(17)19(16)22-12/h7-11,15,17-18H,3-6H2,1-2H3/t15-,17+,18-/m0/s1. The second kappa shape index (κ2) is 5.71. The van der Waals surface area contributed by atoms with Gasteiger partial charge in [-0.15, -0.1) is 11.3 Å². The zero-order valence-corrected chi connectivity index (χ0v) is 14.0. The second-order valence-electron chi connectivity index (χ2n) is 6.40. The number of hydrogen-bond acceptors (Lipinski definition) is 3. The highest BCUT2D eigenvalue weighted by atomic mass is 32.1.